The molecular formula is C23H29F3N6O. The molecule has 4 rings (SSSR count). The second-order valence-electron chi connectivity index (χ2n) is 8.58. The van der Waals surface area contributed by atoms with Crippen molar-refractivity contribution in [3.8, 4) is 0 Å². The van der Waals surface area contributed by atoms with Crippen molar-refractivity contribution < 1.29 is 18.3 Å². The molecule has 33 heavy (non-hydrogen) atoms. The van der Waals surface area contributed by atoms with Crippen LogP contribution in [0.2, 0.25) is 0 Å². The van der Waals surface area contributed by atoms with Gasteiger partial charge in [-0.15, -0.1) is 0 Å². The zero-order valence-corrected chi connectivity index (χ0v) is 18.8. The van der Waals surface area contributed by atoms with E-state index in [0.717, 1.165) is 44.9 Å². The van der Waals surface area contributed by atoms with Gasteiger partial charge in [0.1, 0.15) is 17.0 Å². The Bertz CT molecular complexity index is 1090. The number of fused-ring (bicyclic) bond motifs is 1. The molecule has 1 aliphatic carbocycles. The van der Waals surface area contributed by atoms with Crippen LogP contribution in [-0.2, 0) is 0 Å². The van der Waals surface area contributed by atoms with Crippen LogP contribution in [0.25, 0.3) is 11.2 Å². The second-order valence-corrected chi connectivity index (χ2v) is 8.58. The van der Waals surface area contributed by atoms with Crippen LogP contribution in [0.15, 0.2) is 18.3 Å². The monoisotopic (exact) mass is 462 g/mol. The lowest BCUT2D eigenvalue weighted by Crippen LogP contribution is -2.29. The van der Waals surface area contributed by atoms with Crippen molar-refractivity contribution in [3.05, 3.63) is 35.8 Å². The fraction of sp³-hybridized carbons (Fsp3) is 0.522. The van der Waals surface area contributed by atoms with Gasteiger partial charge in [0.15, 0.2) is 17.3 Å². The van der Waals surface area contributed by atoms with Crippen molar-refractivity contribution in [3.63, 3.8) is 0 Å². The van der Waals surface area contributed by atoms with Crippen LogP contribution < -0.4 is 10.6 Å². The summed E-state index contributed by atoms with van der Waals surface area (Å²) in [6, 6.07) is 1.41. The van der Waals surface area contributed by atoms with E-state index < -0.39 is 23.1 Å². The second kappa shape index (κ2) is 9.94. The molecule has 7 nitrogen and oxygen atoms in total. The van der Waals surface area contributed by atoms with E-state index in [9.17, 15) is 18.3 Å². The Balaban J connectivity index is 1.73. The average Bonchev–Trinajstić information content (AvgIpc) is 3.13. The van der Waals surface area contributed by atoms with E-state index in [1.165, 1.54) is 0 Å². The van der Waals surface area contributed by atoms with E-state index >= 15 is 0 Å². The van der Waals surface area contributed by atoms with Gasteiger partial charge in [0, 0.05) is 24.2 Å². The van der Waals surface area contributed by atoms with Crippen LogP contribution in [-0.4, -0.2) is 36.8 Å². The fourth-order valence-corrected chi connectivity index (χ4v) is 4.42. The minimum absolute atomic E-state index is 0.0124. The first-order chi connectivity index (χ1) is 15.9. The van der Waals surface area contributed by atoms with Gasteiger partial charge in [-0.25, -0.2) is 23.1 Å². The Hall–Kier alpha value is -2.88. The van der Waals surface area contributed by atoms with Gasteiger partial charge in [-0.3, -0.25) is 4.57 Å². The minimum Gasteiger partial charge on any atom is -0.393 e. The number of anilines is 3. The van der Waals surface area contributed by atoms with Gasteiger partial charge in [-0.2, -0.15) is 4.98 Å². The Morgan fingerprint density at radius 2 is 1.79 bits per heavy atom. The predicted molar refractivity (Wildman–Crippen MR) is 121 cm³/mol. The minimum atomic E-state index is -1.04. The first-order valence-electron chi connectivity index (χ1n) is 11.5. The van der Waals surface area contributed by atoms with Crippen molar-refractivity contribution in [1.29, 1.82) is 0 Å². The smallest absolute Gasteiger partial charge is 0.224 e. The van der Waals surface area contributed by atoms with Gasteiger partial charge < -0.3 is 15.7 Å². The van der Waals surface area contributed by atoms with E-state index in [1.807, 2.05) is 11.5 Å². The number of halogens is 3. The van der Waals surface area contributed by atoms with Crippen molar-refractivity contribution in [1.82, 2.24) is 19.5 Å². The highest BCUT2D eigenvalue weighted by atomic mass is 19.1. The molecular weight excluding hydrogens is 433 g/mol. The Morgan fingerprint density at radius 3 is 2.42 bits per heavy atom. The van der Waals surface area contributed by atoms with Crippen molar-refractivity contribution in [2.24, 2.45) is 0 Å². The summed E-state index contributed by atoms with van der Waals surface area (Å²) in [5, 5.41) is 15.8. The number of imidazole rings is 1. The maximum absolute atomic E-state index is 14.3. The van der Waals surface area contributed by atoms with Gasteiger partial charge in [0.2, 0.25) is 11.9 Å². The van der Waals surface area contributed by atoms with Crippen molar-refractivity contribution in [2.75, 3.05) is 10.6 Å². The van der Waals surface area contributed by atoms with E-state index in [1.54, 1.807) is 6.20 Å². The maximum Gasteiger partial charge on any atom is 0.224 e. The zero-order chi connectivity index (χ0) is 23.5. The van der Waals surface area contributed by atoms with E-state index in [-0.39, 0.29) is 24.1 Å². The lowest BCUT2D eigenvalue weighted by Gasteiger charge is -2.26. The number of benzene rings is 1. The quantitative estimate of drug-likeness (QED) is 0.412. The molecule has 0 spiro atoms. The molecule has 1 aliphatic rings. The third-order valence-electron chi connectivity index (χ3n) is 6.16. The first-order valence-corrected chi connectivity index (χ1v) is 11.5. The molecule has 10 heteroatoms. The van der Waals surface area contributed by atoms with E-state index in [2.05, 4.69) is 32.5 Å². The number of aliphatic hydroxyl groups is 1. The highest BCUT2D eigenvalue weighted by molar-refractivity contribution is 5.76. The number of nitrogens with zero attached hydrogens (tertiary/aromatic N) is 4. The van der Waals surface area contributed by atoms with Gasteiger partial charge >= 0.3 is 0 Å². The number of nitrogens with one attached hydrogen (secondary N) is 2. The van der Waals surface area contributed by atoms with Gasteiger partial charge in [0.05, 0.1) is 12.3 Å². The third kappa shape index (κ3) is 5.05. The van der Waals surface area contributed by atoms with Crippen LogP contribution in [0.4, 0.5) is 30.8 Å². The molecule has 2 heterocycles. The fourth-order valence-electron chi connectivity index (χ4n) is 4.42. The lowest BCUT2D eigenvalue weighted by molar-refractivity contribution is 0.126. The zero-order valence-electron chi connectivity index (χ0n) is 18.8. The molecule has 1 saturated carbocycles. The highest BCUT2D eigenvalue weighted by Crippen LogP contribution is 2.32. The number of rotatable bonds is 8. The average molecular weight is 463 g/mol. The van der Waals surface area contributed by atoms with Crippen molar-refractivity contribution in [2.45, 2.75) is 77.0 Å². The van der Waals surface area contributed by atoms with E-state index in [4.69, 9.17) is 0 Å². The highest BCUT2D eigenvalue weighted by Gasteiger charge is 2.24. The number of hydrogen-bond donors (Lipinski definition) is 3. The van der Waals surface area contributed by atoms with Crippen LogP contribution >= 0.6 is 0 Å². The molecule has 0 unspecified atom stereocenters. The molecule has 3 N–H and O–H groups in total. The SMILES string of the molecule is CCC[C@@H](CC)n1c(Nc2c(F)cc(F)cc2F)nc2cnc(NC3CCC(O)CC3)nc21. The largest absolute Gasteiger partial charge is 0.393 e. The normalized spacial score (nSPS) is 19.6. The van der Waals surface area contributed by atoms with Crippen LogP contribution in [0.1, 0.15) is 64.8 Å². The Kier molecular flexibility index (Phi) is 7.02. The summed E-state index contributed by atoms with van der Waals surface area (Å²) >= 11 is 0. The molecule has 0 bridgehead atoms. The number of aromatic nitrogens is 4. The maximum atomic E-state index is 14.3. The molecule has 1 fully saturated rings. The summed E-state index contributed by atoms with van der Waals surface area (Å²) in [4.78, 5) is 13.6. The van der Waals surface area contributed by atoms with Gasteiger partial charge in [-0.05, 0) is 38.5 Å². The Morgan fingerprint density at radius 1 is 1.09 bits per heavy atom. The summed E-state index contributed by atoms with van der Waals surface area (Å²) in [5.41, 5.74) is 0.569. The molecule has 1 atom stereocenters. The molecule has 0 radical (unpaired) electrons. The standard InChI is InChI=1S/C23H29F3N6O/c1-3-5-15(4-2)32-21-19(12-27-22(31-21)28-14-6-8-16(33)9-7-14)29-23(32)30-20-17(25)10-13(24)11-18(20)26/h10-12,14-16,33H,3-9H2,1-2H3,(H,29,30)(H,27,28,31)/t14?,15-,16?/m1/s1. The van der Waals surface area contributed by atoms with E-state index in [0.29, 0.717) is 29.2 Å². The molecule has 0 aliphatic heterocycles. The summed E-state index contributed by atoms with van der Waals surface area (Å²) in [6.45, 7) is 4.09. The van der Waals surface area contributed by atoms with Gasteiger partial charge in [-0.1, -0.05) is 20.3 Å². The topological polar surface area (TPSA) is 87.9 Å². The first kappa shape index (κ1) is 23.3. The molecule has 3 aromatic rings. The lowest BCUT2D eigenvalue weighted by atomic mass is 9.93. The molecule has 0 saturated heterocycles. The van der Waals surface area contributed by atoms with Crippen molar-refractivity contribution >= 4 is 28.7 Å². The summed E-state index contributed by atoms with van der Waals surface area (Å²) in [5.74, 6) is -2.40. The van der Waals surface area contributed by atoms with Gasteiger partial charge in [0.25, 0.3) is 0 Å². The molecule has 0 amide bonds. The third-order valence-corrected chi connectivity index (χ3v) is 6.16. The van der Waals surface area contributed by atoms with Crippen LogP contribution in [0.5, 0.6) is 0 Å². The molecule has 1 aromatic carbocycles. The number of aliphatic hydroxyl groups excluding tert-OH is 1. The number of hydrogen-bond acceptors (Lipinski definition) is 6. The summed E-state index contributed by atoms with van der Waals surface area (Å²) < 4.78 is 43.9. The van der Waals surface area contributed by atoms with Crippen LogP contribution in [0, 0.1) is 17.5 Å². The molecule has 2 aromatic heterocycles. The summed E-state index contributed by atoms with van der Waals surface area (Å²) in [6.07, 6.45) is 6.92. The predicted octanol–water partition coefficient (Wildman–Crippen LogP) is 5.45. The van der Waals surface area contributed by atoms with Crippen LogP contribution in [0.3, 0.4) is 0 Å². The molecule has 178 valence electrons. The Labute approximate surface area is 190 Å². The summed E-state index contributed by atoms with van der Waals surface area (Å²) in [7, 11) is 0.